The molecule has 0 unspecified atom stereocenters. The van der Waals surface area contributed by atoms with E-state index in [1.807, 2.05) is 42.5 Å². The number of hydrogen-bond acceptors (Lipinski definition) is 4. The Morgan fingerprint density at radius 1 is 1.00 bits per heavy atom. The summed E-state index contributed by atoms with van der Waals surface area (Å²) in [4.78, 5) is 0.0734. The van der Waals surface area contributed by atoms with Gasteiger partial charge in [-0.05, 0) is 48.5 Å². The first-order valence-corrected chi connectivity index (χ1v) is 11.1. The van der Waals surface area contributed by atoms with E-state index in [0.29, 0.717) is 18.2 Å². The van der Waals surface area contributed by atoms with Crippen LogP contribution in [0.3, 0.4) is 0 Å². The molecule has 28 heavy (non-hydrogen) atoms. The molecule has 0 amide bonds. The highest BCUT2D eigenvalue weighted by atomic mass is 79.9. The van der Waals surface area contributed by atoms with Crippen LogP contribution in [0, 0.1) is 0 Å². The number of sulfonamides is 1. The average molecular weight is 482 g/mol. The van der Waals surface area contributed by atoms with Gasteiger partial charge >= 0.3 is 0 Å². The van der Waals surface area contributed by atoms with Crippen LogP contribution in [-0.2, 0) is 23.2 Å². The second-order valence-electron chi connectivity index (χ2n) is 6.06. The fourth-order valence-electron chi connectivity index (χ4n) is 2.56. The summed E-state index contributed by atoms with van der Waals surface area (Å²) in [5.41, 5.74) is 2.62. The van der Waals surface area contributed by atoms with Gasteiger partial charge in [-0.3, -0.25) is 0 Å². The van der Waals surface area contributed by atoms with E-state index < -0.39 is 10.0 Å². The second kappa shape index (κ2) is 8.96. The lowest BCUT2D eigenvalue weighted by atomic mass is 10.2. The van der Waals surface area contributed by atoms with Crippen LogP contribution in [0.15, 0.2) is 76.1 Å². The van der Waals surface area contributed by atoms with E-state index in [0.717, 1.165) is 27.0 Å². The van der Waals surface area contributed by atoms with Crippen LogP contribution in [0.4, 0.5) is 5.69 Å². The molecule has 0 fully saturated rings. The molecule has 3 rings (SSSR count). The first-order valence-electron chi connectivity index (χ1n) is 8.34. The van der Waals surface area contributed by atoms with Crippen molar-refractivity contribution in [1.82, 2.24) is 0 Å². The van der Waals surface area contributed by atoms with E-state index in [2.05, 4.69) is 21.2 Å². The minimum Gasteiger partial charge on any atom is -0.488 e. The van der Waals surface area contributed by atoms with E-state index in [1.165, 1.54) is 12.1 Å². The SMILES string of the molecule is NS(=O)(=O)c1ccc(NCc2cc(Br)ccc2OCc2ccccc2Cl)cc1. The summed E-state index contributed by atoms with van der Waals surface area (Å²) in [5, 5.41) is 9.04. The molecule has 0 atom stereocenters. The highest BCUT2D eigenvalue weighted by Gasteiger charge is 2.09. The number of halogens is 2. The van der Waals surface area contributed by atoms with Gasteiger partial charge in [0.05, 0.1) is 4.90 Å². The van der Waals surface area contributed by atoms with E-state index in [9.17, 15) is 8.42 Å². The molecule has 0 saturated heterocycles. The Bertz CT molecular complexity index is 1070. The Morgan fingerprint density at radius 3 is 2.39 bits per heavy atom. The summed E-state index contributed by atoms with van der Waals surface area (Å²) in [5.74, 6) is 0.733. The Morgan fingerprint density at radius 2 is 1.71 bits per heavy atom. The van der Waals surface area contributed by atoms with Gasteiger partial charge in [0, 0.05) is 32.9 Å². The minimum atomic E-state index is -3.70. The molecule has 0 aliphatic carbocycles. The smallest absolute Gasteiger partial charge is 0.238 e. The maximum atomic E-state index is 11.3. The van der Waals surface area contributed by atoms with Gasteiger partial charge in [-0.15, -0.1) is 0 Å². The molecule has 0 aliphatic rings. The van der Waals surface area contributed by atoms with Gasteiger partial charge in [0.25, 0.3) is 0 Å². The molecule has 0 bridgehead atoms. The highest BCUT2D eigenvalue weighted by Crippen LogP contribution is 2.26. The lowest BCUT2D eigenvalue weighted by molar-refractivity contribution is 0.303. The van der Waals surface area contributed by atoms with Crippen molar-refractivity contribution in [2.24, 2.45) is 5.14 Å². The number of rotatable bonds is 7. The van der Waals surface area contributed by atoms with Gasteiger partial charge < -0.3 is 10.1 Å². The predicted molar refractivity (Wildman–Crippen MR) is 115 cm³/mol. The molecule has 5 nitrogen and oxygen atoms in total. The van der Waals surface area contributed by atoms with Gasteiger partial charge in [-0.25, -0.2) is 13.6 Å². The van der Waals surface area contributed by atoms with Crippen LogP contribution in [0.25, 0.3) is 0 Å². The molecular formula is C20H18BrClN2O3S. The van der Waals surface area contributed by atoms with Gasteiger partial charge in [0.1, 0.15) is 12.4 Å². The van der Waals surface area contributed by atoms with Crippen molar-refractivity contribution in [3.8, 4) is 5.75 Å². The van der Waals surface area contributed by atoms with E-state index in [4.69, 9.17) is 21.5 Å². The van der Waals surface area contributed by atoms with Crippen LogP contribution in [0.2, 0.25) is 5.02 Å². The molecule has 3 aromatic carbocycles. The maximum Gasteiger partial charge on any atom is 0.238 e. The molecular weight excluding hydrogens is 464 g/mol. The first kappa shape index (κ1) is 20.7. The third kappa shape index (κ3) is 5.48. The second-order valence-corrected chi connectivity index (χ2v) is 8.94. The Kier molecular flexibility index (Phi) is 6.61. The maximum absolute atomic E-state index is 11.3. The Labute approximate surface area is 177 Å². The van der Waals surface area contributed by atoms with Crippen LogP contribution >= 0.6 is 27.5 Å². The van der Waals surface area contributed by atoms with Gasteiger partial charge in [0.2, 0.25) is 10.0 Å². The number of hydrogen-bond donors (Lipinski definition) is 2. The summed E-state index contributed by atoms with van der Waals surface area (Å²) in [6, 6.07) is 19.6. The van der Waals surface area contributed by atoms with Crippen molar-refractivity contribution < 1.29 is 13.2 Å². The lowest BCUT2D eigenvalue weighted by Crippen LogP contribution is -2.12. The van der Waals surface area contributed by atoms with E-state index >= 15 is 0 Å². The number of anilines is 1. The highest BCUT2D eigenvalue weighted by molar-refractivity contribution is 9.10. The number of nitrogens with two attached hydrogens (primary N) is 1. The van der Waals surface area contributed by atoms with Crippen molar-refractivity contribution in [2.45, 2.75) is 18.0 Å². The standard InChI is InChI=1S/C20H18BrClN2O3S/c21-16-5-10-20(27-13-14-3-1-2-4-19(14)22)15(11-16)12-24-17-6-8-18(9-7-17)28(23,25)26/h1-11,24H,12-13H2,(H2,23,25,26). The zero-order valence-corrected chi connectivity index (χ0v) is 17.9. The molecule has 0 spiro atoms. The van der Waals surface area contributed by atoms with Crippen molar-refractivity contribution in [2.75, 3.05) is 5.32 Å². The molecule has 8 heteroatoms. The lowest BCUT2D eigenvalue weighted by Gasteiger charge is -2.14. The van der Waals surface area contributed by atoms with Crippen molar-refractivity contribution >= 4 is 43.2 Å². The first-order chi connectivity index (χ1) is 13.3. The van der Waals surface area contributed by atoms with Crippen LogP contribution in [0.5, 0.6) is 5.75 Å². The number of primary sulfonamides is 1. The molecule has 146 valence electrons. The van der Waals surface area contributed by atoms with Crippen molar-refractivity contribution in [3.05, 3.63) is 87.4 Å². The van der Waals surface area contributed by atoms with Crippen LogP contribution in [-0.4, -0.2) is 8.42 Å². The van der Waals surface area contributed by atoms with Crippen molar-refractivity contribution in [3.63, 3.8) is 0 Å². The largest absolute Gasteiger partial charge is 0.488 e. The quantitative estimate of drug-likeness (QED) is 0.501. The minimum absolute atomic E-state index is 0.0734. The summed E-state index contributed by atoms with van der Waals surface area (Å²) < 4.78 is 29.6. The topological polar surface area (TPSA) is 81.4 Å². The normalized spacial score (nSPS) is 11.2. The summed E-state index contributed by atoms with van der Waals surface area (Å²) in [6.07, 6.45) is 0. The zero-order valence-electron chi connectivity index (χ0n) is 14.7. The molecule has 3 N–H and O–H groups in total. The fraction of sp³-hybridized carbons (Fsp3) is 0.100. The Balaban J connectivity index is 1.71. The molecule has 0 radical (unpaired) electrons. The third-order valence-electron chi connectivity index (χ3n) is 4.03. The van der Waals surface area contributed by atoms with E-state index in [-0.39, 0.29) is 4.90 Å². The summed E-state index contributed by atoms with van der Waals surface area (Å²) in [7, 11) is -3.70. The zero-order chi connectivity index (χ0) is 20.1. The molecule has 0 heterocycles. The van der Waals surface area contributed by atoms with Gasteiger partial charge in [-0.1, -0.05) is 45.7 Å². The third-order valence-corrected chi connectivity index (χ3v) is 5.82. The number of ether oxygens (including phenoxy) is 1. The molecule has 3 aromatic rings. The molecule has 0 aliphatic heterocycles. The van der Waals surface area contributed by atoms with Crippen LogP contribution in [0.1, 0.15) is 11.1 Å². The van der Waals surface area contributed by atoms with Gasteiger partial charge in [0.15, 0.2) is 0 Å². The summed E-state index contributed by atoms with van der Waals surface area (Å²) >= 11 is 9.67. The predicted octanol–water partition coefficient (Wildman–Crippen LogP) is 4.94. The molecule has 0 saturated carbocycles. The monoisotopic (exact) mass is 480 g/mol. The average Bonchev–Trinajstić information content (AvgIpc) is 2.66. The number of benzene rings is 3. The molecule has 0 aromatic heterocycles. The summed E-state index contributed by atoms with van der Waals surface area (Å²) in [6.45, 7) is 0.851. The number of nitrogens with one attached hydrogen (secondary N) is 1. The van der Waals surface area contributed by atoms with Crippen molar-refractivity contribution in [1.29, 1.82) is 0 Å². The van der Waals surface area contributed by atoms with Crippen LogP contribution < -0.4 is 15.2 Å². The van der Waals surface area contributed by atoms with E-state index in [1.54, 1.807) is 12.1 Å². The Hall–Kier alpha value is -2.06. The van der Waals surface area contributed by atoms with Gasteiger partial charge in [-0.2, -0.15) is 0 Å². The fourth-order valence-corrected chi connectivity index (χ4v) is 3.67.